The quantitative estimate of drug-likeness (QED) is 0.538. The van der Waals surface area contributed by atoms with Crippen LogP contribution in [0.5, 0.6) is 0 Å². The van der Waals surface area contributed by atoms with Gasteiger partial charge < -0.3 is 5.32 Å². The molecule has 1 amide bonds. The largest absolute Gasteiger partial charge is 0.345 e. The van der Waals surface area contributed by atoms with E-state index in [1.54, 1.807) is 6.07 Å². The molecule has 34 heavy (non-hydrogen) atoms. The lowest BCUT2D eigenvalue weighted by Crippen LogP contribution is -2.44. The third-order valence-electron chi connectivity index (χ3n) is 6.43. The third-order valence-corrected chi connectivity index (χ3v) is 8.26. The number of carbonyl (C=O) groups is 1. The van der Waals surface area contributed by atoms with Crippen molar-refractivity contribution in [1.82, 2.24) is 9.62 Å². The summed E-state index contributed by atoms with van der Waals surface area (Å²) in [5.74, 6) is -1.26. The summed E-state index contributed by atoms with van der Waals surface area (Å²) in [6.45, 7) is 2.51. The molecule has 0 unspecified atom stereocenters. The smallest absolute Gasteiger partial charge is 0.223 e. The lowest BCUT2D eigenvalue weighted by molar-refractivity contribution is -0.126. The van der Waals surface area contributed by atoms with Gasteiger partial charge in [0.05, 0.1) is 11.8 Å². The molecule has 5 nitrogen and oxygen atoms in total. The van der Waals surface area contributed by atoms with E-state index in [9.17, 15) is 17.6 Å². The van der Waals surface area contributed by atoms with Crippen LogP contribution < -0.4 is 5.32 Å². The molecule has 0 radical (unpaired) electrons. The number of rotatable bonds is 7. The minimum absolute atomic E-state index is 0.0803. The molecule has 3 aromatic carbocycles. The molecule has 1 saturated heterocycles. The second kappa shape index (κ2) is 10.5. The minimum atomic E-state index is -3.66. The lowest BCUT2D eigenvalue weighted by Gasteiger charge is -2.32. The number of halogens is 1. The first-order valence-corrected chi connectivity index (χ1v) is 13.1. The van der Waals surface area contributed by atoms with Crippen LogP contribution in [0, 0.1) is 18.7 Å². The van der Waals surface area contributed by atoms with Crippen LogP contribution in [-0.4, -0.2) is 31.7 Å². The molecule has 4 rings (SSSR count). The molecule has 0 bridgehead atoms. The van der Waals surface area contributed by atoms with Crippen molar-refractivity contribution >= 4 is 15.9 Å². The number of hydrogen-bond donors (Lipinski definition) is 1. The minimum Gasteiger partial charge on any atom is -0.345 e. The Morgan fingerprint density at radius 2 is 1.59 bits per heavy atom. The van der Waals surface area contributed by atoms with Gasteiger partial charge >= 0.3 is 0 Å². The predicted octanol–water partition coefficient (Wildman–Crippen LogP) is 4.58. The van der Waals surface area contributed by atoms with Gasteiger partial charge in [0.1, 0.15) is 5.82 Å². The molecule has 0 spiro atoms. The van der Waals surface area contributed by atoms with Gasteiger partial charge in [-0.05, 0) is 42.5 Å². The summed E-state index contributed by atoms with van der Waals surface area (Å²) in [6.07, 6.45) is 0.856. The number of piperidine rings is 1. The molecule has 178 valence electrons. The Bertz CT molecular complexity index is 1240. The van der Waals surface area contributed by atoms with Crippen molar-refractivity contribution in [3.05, 3.63) is 107 Å². The first-order chi connectivity index (χ1) is 16.3. The van der Waals surface area contributed by atoms with Gasteiger partial charge in [-0.2, -0.15) is 0 Å². The third kappa shape index (κ3) is 5.54. The Morgan fingerprint density at radius 1 is 0.971 bits per heavy atom. The number of nitrogens with zero attached hydrogens (tertiary/aromatic N) is 1. The molecule has 3 aromatic rings. The summed E-state index contributed by atoms with van der Waals surface area (Å²) >= 11 is 0. The van der Waals surface area contributed by atoms with Gasteiger partial charge in [-0.3, -0.25) is 4.79 Å². The molecule has 1 aliphatic heterocycles. The second-order valence-corrected chi connectivity index (χ2v) is 10.7. The van der Waals surface area contributed by atoms with E-state index in [0.717, 1.165) is 16.7 Å². The fourth-order valence-corrected chi connectivity index (χ4v) is 6.03. The van der Waals surface area contributed by atoms with Crippen LogP contribution in [0.1, 0.15) is 41.1 Å². The van der Waals surface area contributed by atoms with E-state index in [1.807, 2.05) is 61.5 Å². The van der Waals surface area contributed by atoms with Crippen molar-refractivity contribution in [2.75, 3.05) is 13.1 Å². The number of sulfonamides is 1. The molecule has 1 N–H and O–H groups in total. The highest BCUT2D eigenvalue weighted by atomic mass is 32.2. The van der Waals surface area contributed by atoms with Gasteiger partial charge in [-0.15, -0.1) is 0 Å². The Hall–Kier alpha value is -3.03. The molecule has 1 atom stereocenters. The van der Waals surface area contributed by atoms with Gasteiger partial charge in [-0.25, -0.2) is 17.1 Å². The molecule has 0 aromatic heterocycles. The fourth-order valence-electron chi connectivity index (χ4n) is 4.46. The van der Waals surface area contributed by atoms with E-state index >= 15 is 0 Å². The summed E-state index contributed by atoms with van der Waals surface area (Å²) in [4.78, 5) is 13.2. The first kappa shape index (κ1) is 24.1. The highest BCUT2D eigenvalue weighted by molar-refractivity contribution is 7.88. The normalized spacial score (nSPS) is 16.2. The Kier molecular flexibility index (Phi) is 7.44. The summed E-state index contributed by atoms with van der Waals surface area (Å²) in [6, 6.07) is 23.4. The van der Waals surface area contributed by atoms with E-state index in [4.69, 9.17) is 0 Å². The van der Waals surface area contributed by atoms with Gasteiger partial charge in [0.25, 0.3) is 0 Å². The van der Waals surface area contributed by atoms with Crippen LogP contribution in [0.4, 0.5) is 4.39 Å². The Labute approximate surface area is 200 Å². The standard InChI is InChI=1S/C27H29FN2O3S/c1-20-9-5-7-13-24(20)26(21-10-3-2-4-11-21)29-27(31)22-15-17-30(18-16-22)34(32,33)19-23-12-6-8-14-25(23)28/h2-14,22,26H,15-19H2,1H3,(H,29,31)/t26-/m1/s1. The van der Waals surface area contributed by atoms with Crippen molar-refractivity contribution in [2.24, 2.45) is 5.92 Å². The zero-order chi connectivity index (χ0) is 24.1. The predicted molar refractivity (Wildman–Crippen MR) is 131 cm³/mol. The molecule has 0 aliphatic carbocycles. The average molecular weight is 481 g/mol. The zero-order valence-corrected chi connectivity index (χ0v) is 20.0. The molecule has 0 saturated carbocycles. The van der Waals surface area contributed by atoms with Crippen molar-refractivity contribution in [3.8, 4) is 0 Å². The van der Waals surface area contributed by atoms with Gasteiger partial charge in [-0.1, -0.05) is 72.8 Å². The number of carbonyl (C=O) groups excluding carboxylic acids is 1. The molecular weight excluding hydrogens is 451 g/mol. The maximum atomic E-state index is 13.9. The topological polar surface area (TPSA) is 66.5 Å². The number of aryl methyl sites for hydroxylation is 1. The van der Waals surface area contributed by atoms with E-state index in [-0.39, 0.29) is 42.3 Å². The van der Waals surface area contributed by atoms with Crippen LogP contribution in [0.3, 0.4) is 0 Å². The summed E-state index contributed by atoms with van der Waals surface area (Å²) in [5.41, 5.74) is 3.28. The highest BCUT2D eigenvalue weighted by Gasteiger charge is 2.32. The van der Waals surface area contributed by atoms with E-state index < -0.39 is 15.8 Å². The molecule has 1 fully saturated rings. The van der Waals surface area contributed by atoms with Crippen LogP contribution in [0.15, 0.2) is 78.9 Å². The van der Waals surface area contributed by atoms with Crippen LogP contribution in [0.25, 0.3) is 0 Å². The molecule has 1 heterocycles. The SMILES string of the molecule is Cc1ccccc1[C@H](NC(=O)C1CCN(S(=O)(=O)Cc2ccccc2F)CC1)c1ccccc1. The molecule has 1 aliphatic rings. The number of amides is 1. The second-order valence-electron chi connectivity index (χ2n) is 8.73. The molecular formula is C27H29FN2O3S. The number of hydrogen-bond acceptors (Lipinski definition) is 3. The van der Waals surface area contributed by atoms with Gasteiger partial charge in [0, 0.05) is 24.6 Å². The van der Waals surface area contributed by atoms with E-state index in [2.05, 4.69) is 5.32 Å². The molecule has 7 heteroatoms. The Balaban J connectivity index is 1.43. The van der Waals surface area contributed by atoms with Gasteiger partial charge in [0.15, 0.2) is 0 Å². The summed E-state index contributed by atoms with van der Waals surface area (Å²) < 4.78 is 41.0. The number of benzene rings is 3. The van der Waals surface area contributed by atoms with E-state index in [1.165, 1.54) is 22.5 Å². The van der Waals surface area contributed by atoms with Crippen LogP contribution in [0.2, 0.25) is 0 Å². The number of nitrogens with one attached hydrogen (secondary N) is 1. The average Bonchev–Trinajstić information content (AvgIpc) is 2.85. The summed E-state index contributed by atoms with van der Waals surface area (Å²) in [7, 11) is -3.66. The maximum Gasteiger partial charge on any atom is 0.223 e. The highest BCUT2D eigenvalue weighted by Crippen LogP contribution is 2.27. The van der Waals surface area contributed by atoms with Crippen LogP contribution in [-0.2, 0) is 20.6 Å². The van der Waals surface area contributed by atoms with Crippen LogP contribution >= 0.6 is 0 Å². The lowest BCUT2D eigenvalue weighted by atomic mass is 9.92. The van der Waals surface area contributed by atoms with E-state index in [0.29, 0.717) is 12.8 Å². The summed E-state index contributed by atoms with van der Waals surface area (Å²) in [5, 5.41) is 3.20. The zero-order valence-electron chi connectivity index (χ0n) is 19.2. The monoisotopic (exact) mass is 480 g/mol. The van der Waals surface area contributed by atoms with Crippen molar-refractivity contribution in [3.63, 3.8) is 0 Å². The van der Waals surface area contributed by atoms with Gasteiger partial charge in [0.2, 0.25) is 15.9 Å². The maximum absolute atomic E-state index is 13.9. The van der Waals surface area contributed by atoms with Crippen molar-refractivity contribution < 1.29 is 17.6 Å². The fraction of sp³-hybridized carbons (Fsp3) is 0.296. The first-order valence-electron chi connectivity index (χ1n) is 11.5. The Morgan fingerprint density at radius 3 is 2.26 bits per heavy atom. The van der Waals surface area contributed by atoms with Crippen molar-refractivity contribution in [2.45, 2.75) is 31.6 Å². The van der Waals surface area contributed by atoms with Crippen molar-refractivity contribution in [1.29, 1.82) is 0 Å².